The van der Waals surface area contributed by atoms with Gasteiger partial charge in [0.2, 0.25) is 0 Å². The largest absolute Gasteiger partial charge is 0.482 e. The zero-order valence-electron chi connectivity index (χ0n) is 8.75. The minimum atomic E-state index is -0.369. The van der Waals surface area contributed by atoms with Gasteiger partial charge in [-0.2, -0.15) is 0 Å². The van der Waals surface area contributed by atoms with Crippen LogP contribution in [-0.2, 0) is 9.53 Å². The summed E-state index contributed by atoms with van der Waals surface area (Å²) in [6, 6.07) is 5.23. The topological polar surface area (TPSA) is 35.5 Å². The standard InChI is InChI=1S/C11H13ClO3/c1-3-14-11(13)7-15-10-5-4-9(12)6-8(10)2/h4-6H,3,7H2,1-2H3. The molecule has 0 saturated heterocycles. The van der Waals surface area contributed by atoms with Gasteiger partial charge in [0, 0.05) is 5.02 Å². The molecule has 82 valence electrons. The first-order chi connectivity index (χ1) is 7.13. The van der Waals surface area contributed by atoms with Gasteiger partial charge in [0.05, 0.1) is 6.61 Å². The van der Waals surface area contributed by atoms with E-state index >= 15 is 0 Å². The van der Waals surface area contributed by atoms with Crippen LogP contribution >= 0.6 is 11.6 Å². The van der Waals surface area contributed by atoms with Crippen molar-refractivity contribution in [2.45, 2.75) is 13.8 Å². The number of esters is 1. The average molecular weight is 229 g/mol. The quantitative estimate of drug-likeness (QED) is 0.743. The first kappa shape index (κ1) is 11.9. The third kappa shape index (κ3) is 3.80. The Labute approximate surface area is 93.9 Å². The molecule has 1 aromatic carbocycles. The Morgan fingerprint density at radius 3 is 2.80 bits per heavy atom. The van der Waals surface area contributed by atoms with Gasteiger partial charge in [0.15, 0.2) is 6.61 Å². The van der Waals surface area contributed by atoms with Crippen LogP contribution in [0.3, 0.4) is 0 Å². The fourth-order valence-corrected chi connectivity index (χ4v) is 1.34. The van der Waals surface area contributed by atoms with Crippen molar-refractivity contribution in [2.75, 3.05) is 13.2 Å². The zero-order chi connectivity index (χ0) is 11.3. The molecule has 0 aliphatic heterocycles. The number of ether oxygens (including phenoxy) is 2. The predicted octanol–water partition coefficient (Wildman–Crippen LogP) is 2.59. The molecule has 0 fully saturated rings. The van der Waals surface area contributed by atoms with Gasteiger partial charge in [-0.15, -0.1) is 0 Å². The van der Waals surface area contributed by atoms with E-state index in [1.165, 1.54) is 0 Å². The summed E-state index contributed by atoms with van der Waals surface area (Å²) >= 11 is 5.78. The lowest BCUT2D eigenvalue weighted by atomic mass is 10.2. The second-order valence-corrected chi connectivity index (χ2v) is 3.44. The van der Waals surface area contributed by atoms with Crippen LogP contribution in [0.2, 0.25) is 5.02 Å². The van der Waals surface area contributed by atoms with Crippen LogP contribution in [0.4, 0.5) is 0 Å². The lowest BCUT2D eigenvalue weighted by Crippen LogP contribution is -2.14. The molecular weight excluding hydrogens is 216 g/mol. The molecule has 0 bridgehead atoms. The summed E-state index contributed by atoms with van der Waals surface area (Å²) in [7, 11) is 0. The normalized spacial score (nSPS) is 9.80. The molecular formula is C11H13ClO3. The molecule has 0 radical (unpaired) electrons. The van der Waals surface area contributed by atoms with Gasteiger partial charge in [-0.05, 0) is 37.6 Å². The summed E-state index contributed by atoms with van der Waals surface area (Å²) in [5, 5.41) is 0.649. The average Bonchev–Trinajstić information content (AvgIpc) is 2.17. The van der Waals surface area contributed by atoms with Gasteiger partial charge in [-0.25, -0.2) is 4.79 Å². The van der Waals surface area contributed by atoms with Crippen LogP contribution in [0.15, 0.2) is 18.2 Å². The molecule has 0 atom stereocenters. The van der Waals surface area contributed by atoms with E-state index in [0.29, 0.717) is 17.4 Å². The number of benzene rings is 1. The Balaban J connectivity index is 2.54. The predicted molar refractivity (Wildman–Crippen MR) is 58.3 cm³/mol. The second kappa shape index (κ2) is 5.61. The van der Waals surface area contributed by atoms with Crippen LogP contribution in [-0.4, -0.2) is 19.2 Å². The number of rotatable bonds is 4. The summed E-state index contributed by atoms with van der Waals surface area (Å²) in [5.41, 5.74) is 0.895. The number of hydrogen-bond donors (Lipinski definition) is 0. The highest BCUT2D eigenvalue weighted by molar-refractivity contribution is 6.30. The molecule has 0 N–H and O–H groups in total. The van der Waals surface area contributed by atoms with Crippen molar-refractivity contribution in [1.29, 1.82) is 0 Å². The molecule has 0 aliphatic carbocycles. The molecule has 0 saturated carbocycles. The van der Waals surface area contributed by atoms with E-state index in [9.17, 15) is 4.79 Å². The Kier molecular flexibility index (Phi) is 4.43. The smallest absolute Gasteiger partial charge is 0.344 e. The first-order valence-electron chi connectivity index (χ1n) is 4.68. The maximum atomic E-state index is 11.0. The number of hydrogen-bond acceptors (Lipinski definition) is 3. The van der Waals surface area contributed by atoms with Crippen molar-refractivity contribution in [3.8, 4) is 5.75 Å². The molecule has 0 aromatic heterocycles. The Hall–Kier alpha value is -1.22. The highest BCUT2D eigenvalue weighted by Gasteiger charge is 2.05. The Morgan fingerprint density at radius 2 is 2.20 bits per heavy atom. The third-order valence-corrected chi connectivity index (χ3v) is 2.02. The van der Waals surface area contributed by atoms with Crippen LogP contribution in [0.25, 0.3) is 0 Å². The van der Waals surface area contributed by atoms with Crippen molar-refractivity contribution in [1.82, 2.24) is 0 Å². The highest BCUT2D eigenvalue weighted by Crippen LogP contribution is 2.21. The molecule has 4 heteroatoms. The minimum Gasteiger partial charge on any atom is -0.482 e. The number of halogens is 1. The monoisotopic (exact) mass is 228 g/mol. The number of carbonyl (C=O) groups is 1. The maximum absolute atomic E-state index is 11.0. The van der Waals surface area contributed by atoms with Crippen LogP contribution in [0.5, 0.6) is 5.75 Å². The lowest BCUT2D eigenvalue weighted by Gasteiger charge is -2.08. The Bertz CT molecular complexity index is 350. The molecule has 0 unspecified atom stereocenters. The first-order valence-corrected chi connectivity index (χ1v) is 5.06. The third-order valence-electron chi connectivity index (χ3n) is 1.79. The molecule has 3 nitrogen and oxygen atoms in total. The van der Waals surface area contributed by atoms with Crippen LogP contribution in [0.1, 0.15) is 12.5 Å². The molecule has 1 aromatic rings. The molecule has 0 amide bonds. The van der Waals surface area contributed by atoms with E-state index in [-0.39, 0.29) is 12.6 Å². The van der Waals surface area contributed by atoms with Gasteiger partial charge in [-0.3, -0.25) is 0 Å². The summed E-state index contributed by atoms with van der Waals surface area (Å²) < 4.78 is 10.0. The summed E-state index contributed by atoms with van der Waals surface area (Å²) in [6.45, 7) is 3.91. The minimum absolute atomic E-state index is 0.0731. The zero-order valence-corrected chi connectivity index (χ0v) is 9.50. The lowest BCUT2D eigenvalue weighted by molar-refractivity contribution is -0.145. The van der Waals surface area contributed by atoms with Crippen molar-refractivity contribution >= 4 is 17.6 Å². The molecule has 15 heavy (non-hydrogen) atoms. The SMILES string of the molecule is CCOC(=O)COc1ccc(Cl)cc1C. The van der Waals surface area contributed by atoms with E-state index in [1.807, 2.05) is 6.92 Å². The number of aryl methyl sites for hydroxylation is 1. The van der Waals surface area contributed by atoms with E-state index < -0.39 is 0 Å². The summed E-state index contributed by atoms with van der Waals surface area (Å²) in [6.07, 6.45) is 0. The van der Waals surface area contributed by atoms with Gasteiger partial charge >= 0.3 is 5.97 Å². The fraction of sp³-hybridized carbons (Fsp3) is 0.364. The number of carbonyl (C=O) groups excluding carboxylic acids is 1. The van der Waals surface area contributed by atoms with Crippen molar-refractivity contribution < 1.29 is 14.3 Å². The van der Waals surface area contributed by atoms with Crippen molar-refractivity contribution in [3.05, 3.63) is 28.8 Å². The fourth-order valence-electron chi connectivity index (χ4n) is 1.11. The molecule has 0 aliphatic rings. The van der Waals surface area contributed by atoms with E-state index in [1.54, 1.807) is 25.1 Å². The van der Waals surface area contributed by atoms with Gasteiger partial charge in [0.1, 0.15) is 5.75 Å². The van der Waals surface area contributed by atoms with Crippen LogP contribution < -0.4 is 4.74 Å². The van der Waals surface area contributed by atoms with E-state index in [0.717, 1.165) is 5.56 Å². The molecule has 1 rings (SSSR count). The maximum Gasteiger partial charge on any atom is 0.344 e. The van der Waals surface area contributed by atoms with Gasteiger partial charge < -0.3 is 9.47 Å². The Morgan fingerprint density at radius 1 is 1.47 bits per heavy atom. The second-order valence-electron chi connectivity index (χ2n) is 3.00. The molecule has 0 heterocycles. The van der Waals surface area contributed by atoms with Crippen molar-refractivity contribution in [3.63, 3.8) is 0 Å². The van der Waals surface area contributed by atoms with Gasteiger partial charge in [-0.1, -0.05) is 11.6 Å². The summed E-state index contributed by atoms with van der Waals surface area (Å²) in [5.74, 6) is 0.277. The summed E-state index contributed by atoms with van der Waals surface area (Å²) in [4.78, 5) is 11.0. The van der Waals surface area contributed by atoms with Gasteiger partial charge in [0.25, 0.3) is 0 Å². The highest BCUT2D eigenvalue weighted by atomic mass is 35.5. The van der Waals surface area contributed by atoms with Crippen molar-refractivity contribution in [2.24, 2.45) is 0 Å². The van der Waals surface area contributed by atoms with E-state index in [2.05, 4.69) is 0 Å². The van der Waals surface area contributed by atoms with Crippen LogP contribution in [0, 0.1) is 6.92 Å². The van der Waals surface area contributed by atoms with E-state index in [4.69, 9.17) is 21.1 Å². The molecule has 0 spiro atoms.